The van der Waals surface area contributed by atoms with Crippen molar-refractivity contribution in [3.05, 3.63) is 42.1 Å². The van der Waals surface area contributed by atoms with Gasteiger partial charge in [0.1, 0.15) is 17.0 Å². The number of rotatable bonds is 5. The minimum Gasteiger partial charge on any atom is -0.435 e. The van der Waals surface area contributed by atoms with E-state index in [4.69, 9.17) is 4.74 Å². The zero-order valence-electron chi connectivity index (χ0n) is 15.9. The molecule has 0 aliphatic carbocycles. The second kappa shape index (κ2) is 8.22. The van der Waals surface area contributed by atoms with E-state index in [2.05, 4.69) is 14.8 Å². The second-order valence-electron chi connectivity index (χ2n) is 7.03. The SMILES string of the molecule is O=Cc1cnc2c(-c3cccc(OC(F)F)c3)nn(C3CCO[C@@H](C(F)(F)F)C3)c2c1. The van der Waals surface area contributed by atoms with Crippen molar-refractivity contribution in [1.29, 1.82) is 0 Å². The smallest absolute Gasteiger partial charge is 0.414 e. The highest BCUT2D eigenvalue weighted by Crippen LogP contribution is 2.38. The first-order valence-electron chi connectivity index (χ1n) is 9.33. The van der Waals surface area contributed by atoms with Crippen LogP contribution < -0.4 is 4.74 Å². The molecular weight excluding hydrogens is 425 g/mol. The summed E-state index contributed by atoms with van der Waals surface area (Å²) in [6.45, 7) is -3.12. The molecule has 1 saturated heterocycles. The van der Waals surface area contributed by atoms with Crippen LogP contribution in [0, 0.1) is 0 Å². The van der Waals surface area contributed by atoms with Crippen molar-refractivity contribution in [1.82, 2.24) is 14.8 Å². The van der Waals surface area contributed by atoms with Gasteiger partial charge in [-0.2, -0.15) is 27.1 Å². The standard InChI is InChI=1S/C20H16F5N3O3/c21-19(22)31-14-3-1-2-12(7-14)17-18-15(6-11(10-29)9-26-18)28(27-17)13-4-5-30-16(8-13)20(23,24)25/h1-3,6-7,9-10,13,16,19H,4-5,8H2/t13?,16-/m1/s1. The Labute approximate surface area is 172 Å². The van der Waals surface area contributed by atoms with Crippen LogP contribution in [-0.2, 0) is 4.74 Å². The van der Waals surface area contributed by atoms with E-state index in [0.29, 0.717) is 22.9 Å². The summed E-state index contributed by atoms with van der Waals surface area (Å²) in [5.41, 5.74) is 1.60. The minimum absolute atomic E-state index is 0.0945. The van der Waals surface area contributed by atoms with Crippen LogP contribution in [0.15, 0.2) is 36.5 Å². The molecule has 4 rings (SSSR count). The Bertz CT molecular complexity index is 1100. The molecule has 2 aromatic heterocycles. The molecule has 2 atom stereocenters. The summed E-state index contributed by atoms with van der Waals surface area (Å²) < 4.78 is 75.4. The van der Waals surface area contributed by atoms with Gasteiger partial charge in [-0.25, -0.2) is 0 Å². The van der Waals surface area contributed by atoms with E-state index in [1.54, 1.807) is 6.07 Å². The van der Waals surface area contributed by atoms with Crippen LogP contribution in [0.4, 0.5) is 22.0 Å². The summed E-state index contributed by atoms with van der Waals surface area (Å²) in [6, 6.07) is 6.62. The average Bonchev–Trinajstić information content (AvgIpc) is 3.12. The number of alkyl halides is 5. The van der Waals surface area contributed by atoms with Gasteiger partial charge in [-0.3, -0.25) is 14.5 Å². The fraction of sp³-hybridized carbons (Fsp3) is 0.350. The van der Waals surface area contributed by atoms with Gasteiger partial charge in [-0.05, 0) is 24.6 Å². The van der Waals surface area contributed by atoms with Gasteiger partial charge < -0.3 is 9.47 Å². The Hall–Kier alpha value is -3.08. The highest BCUT2D eigenvalue weighted by Gasteiger charge is 2.44. The molecule has 6 nitrogen and oxygen atoms in total. The average molecular weight is 441 g/mol. The van der Waals surface area contributed by atoms with Gasteiger partial charge in [0.05, 0.1) is 11.6 Å². The molecule has 3 aromatic rings. The molecule has 31 heavy (non-hydrogen) atoms. The second-order valence-corrected chi connectivity index (χ2v) is 7.03. The lowest BCUT2D eigenvalue weighted by molar-refractivity contribution is -0.234. The maximum Gasteiger partial charge on any atom is 0.414 e. The molecule has 164 valence electrons. The van der Waals surface area contributed by atoms with E-state index in [9.17, 15) is 26.7 Å². The number of benzene rings is 1. The third kappa shape index (κ3) is 4.36. The molecule has 0 N–H and O–H groups in total. The molecule has 1 aliphatic heterocycles. The van der Waals surface area contributed by atoms with E-state index in [1.165, 1.54) is 35.1 Å². The molecule has 3 heterocycles. The molecule has 11 heteroatoms. The molecule has 1 aliphatic rings. The van der Waals surface area contributed by atoms with E-state index < -0.39 is 24.9 Å². The summed E-state index contributed by atoms with van der Waals surface area (Å²) in [7, 11) is 0. The van der Waals surface area contributed by atoms with Crippen LogP contribution in [0.1, 0.15) is 29.2 Å². The first kappa shape index (κ1) is 21.2. The maximum atomic E-state index is 13.2. The van der Waals surface area contributed by atoms with Gasteiger partial charge in [0.15, 0.2) is 12.4 Å². The largest absolute Gasteiger partial charge is 0.435 e. The number of halogens is 5. The van der Waals surface area contributed by atoms with Crippen molar-refractivity contribution in [2.45, 2.75) is 37.8 Å². The lowest BCUT2D eigenvalue weighted by Crippen LogP contribution is -2.38. The Morgan fingerprint density at radius 3 is 2.77 bits per heavy atom. The quantitative estimate of drug-likeness (QED) is 0.421. The van der Waals surface area contributed by atoms with Crippen LogP contribution in [-0.4, -0.2) is 46.5 Å². The summed E-state index contributed by atoms with van der Waals surface area (Å²) in [5, 5.41) is 4.47. The first-order valence-corrected chi connectivity index (χ1v) is 9.33. The zero-order chi connectivity index (χ0) is 22.2. The number of nitrogens with zero attached hydrogens (tertiary/aromatic N) is 3. The van der Waals surface area contributed by atoms with Crippen LogP contribution in [0.3, 0.4) is 0 Å². The molecule has 0 saturated carbocycles. The van der Waals surface area contributed by atoms with Crippen molar-refractivity contribution in [2.75, 3.05) is 6.61 Å². The fourth-order valence-electron chi connectivity index (χ4n) is 3.62. The first-order chi connectivity index (χ1) is 14.8. The topological polar surface area (TPSA) is 66.2 Å². The van der Waals surface area contributed by atoms with Crippen LogP contribution >= 0.6 is 0 Å². The number of ether oxygens (including phenoxy) is 2. The van der Waals surface area contributed by atoms with Gasteiger partial charge in [0.25, 0.3) is 0 Å². The van der Waals surface area contributed by atoms with Crippen molar-refractivity contribution in [3.63, 3.8) is 0 Å². The van der Waals surface area contributed by atoms with E-state index in [1.807, 2.05) is 0 Å². The molecular formula is C20H16F5N3O3. The molecule has 1 fully saturated rings. The van der Waals surface area contributed by atoms with E-state index >= 15 is 0 Å². The normalized spacial score (nSPS) is 19.7. The number of carbonyl (C=O) groups excluding carboxylic acids is 1. The summed E-state index contributed by atoms with van der Waals surface area (Å²) in [5.74, 6) is -0.0945. The number of aldehydes is 1. The molecule has 0 radical (unpaired) electrons. The lowest BCUT2D eigenvalue weighted by atomic mass is 10.0. The summed E-state index contributed by atoms with van der Waals surface area (Å²) in [4.78, 5) is 15.5. The Balaban J connectivity index is 1.81. The monoisotopic (exact) mass is 441 g/mol. The molecule has 1 unspecified atom stereocenters. The number of hydrogen-bond acceptors (Lipinski definition) is 5. The highest BCUT2D eigenvalue weighted by atomic mass is 19.4. The lowest BCUT2D eigenvalue weighted by Gasteiger charge is -2.31. The Morgan fingerprint density at radius 2 is 2.06 bits per heavy atom. The maximum absolute atomic E-state index is 13.2. The zero-order valence-corrected chi connectivity index (χ0v) is 15.9. The third-order valence-corrected chi connectivity index (χ3v) is 5.00. The minimum atomic E-state index is -4.52. The highest BCUT2D eigenvalue weighted by molar-refractivity contribution is 5.93. The van der Waals surface area contributed by atoms with Gasteiger partial charge >= 0.3 is 12.8 Å². The number of hydrogen-bond donors (Lipinski definition) is 0. The molecule has 1 aromatic carbocycles. The van der Waals surface area contributed by atoms with Gasteiger partial charge in [-0.15, -0.1) is 0 Å². The summed E-state index contributed by atoms with van der Waals surface area (Å²) >= 11 is 0. The number of pyridine rings is 1. The van der Waals surface area contributed by atoms with Gasteiger partial charge in [0, 0.05) is 30.4 Å². The van der Waals surface area contributed by atoms with Crippen LogP contribution in [0.25, 0.3) is 22.3 Å². The van der Waals surface area contributed by atoms with E-state index in [0.717, 1.165) is 0 Å². The van der Waals surface area contributed by atoms with E-state index in [-0.39, 0.29) is 36.5 Å². The Morgan fingerprint density at radius 1 is 1.26 bits per heavy atom. The Kier molecular flexibility index (Phi) is 5.61. The number of carbonyl (C=O) groups is 1. The molecule has 0 amide bonds. The van der Waals surface area contributed by atoms with Gasteiger partial charge in [0.2, 0.25) is 0 Å². The summed E-state index contributed by atoms with van der Waals surface area (Å²) in [6.07, 6.45) is -4.63. The predicted octanol–water partition coefficient (Wildman–Crippen LogP) is 4.79. The number of aromatic nitrogens is 3. The van der Waals surface area contributed by atoms with Crippen LogP contribution in [0.5, 0.6) is 5.75 Å². The van der Waals surface area contributed by atoms with Crippen molar-refractivity contribution in [2.24, 2.45) is 0 Å². The number of fused-ring (bicyclic) bond motifs is 1. The molecule has 0 spiro atoms. The van der Waals surface area contributed by atoms with Crippen LogP contribution in [0.2, 0.25) is 0 Å². The molecule has 0 bridgehead atoms. The van der Waals surface area contributed by atoms with Gasteiger partial charge in [-0.1, -0.05) is 12.1 Å². The third-order valence-electron chi connectivity index (χ3n) is 5.00. The van der Waals surface area contributed by atoms with Crippen molar-refractivity contribution >= 4 is 17.3 Å². The van der Waals surface area contributed by atoms with Crippen molar-refractivity contribution < 1.29 is 36.2 Å². The van der Waals surface area contributed by atoms with Crippen molar-refractivity contribution in [3.8, 4) is 17.0 Å². The predicted molar refractivity (Wildman–Crippen MR) is 99.0 cm³/mol. The fourth-order valence-corrected chi connectivity index (χ4v) is 3.62.